The predicted molar refractivity (Wildman–Crippen MR) is 194 cm³/mol. The molecule has 0 saturated heterocycles. The molecule has 2 amide bonds. The van der Waals surface area contributed by atoms with Crippen molar-refractivity contribution in [2.75, 3.05) is 27.4 Å². The van der Waals surface area contributed by atoms with Crippen molar-refractivity contribution in [3.05, 3.63) is 119 Å². The van der Waals surface area contributed by atoms with Gasteiger partial charge < -0.3 is 39.4 Å². The molecule has 0 radical (unpaired) electrons. The molecule has 0 bridgehead atoms. The Morgan fingerprint density at radius 3 is 2.57 bits per heavy atom. The maximum atomic E-state index is 12.5. The lowest BCUT2D eigenvalue weighted by molar-refractivity contribution is -0.136. The molecule has 4 N–H and O–H groups in total. The third-order valence-corrected chi connectivity index (χ3v) is 8.10. The molecule has 0 spiro atoms. The first kappa shape index (κ1) is 36.3. The molecule has 4 aromatic carbocycles. The van der Waals surface area contributed by atoms with Gasteiger partial charge in [0.15, 0.2) is 29.2 Å². The molecule has 0 fully saturated rings. The highest BCUT2D eigenvalue weighted by Gasteiger charge is 2.32. The second-order valence-electron chi connectivity index (χ2n) is 11.5. The molecule has 0 aromatic heterocycles. The average molecular weight is 695 g/mol. The molecule has 0 aliphatic carbocycles. The van der Waals surface area contributed by atoms with E-state index in [0.29, 0.717) is 53.9 Å². The standard InChI is InChI=1S/C39H42N4O8/c1-6-11-28-18-25(19-33(47-4)37(28)51-22-29-14-10-13-26-12-8-9-15-30(26)29)21-40-43-34(44)23-50-31-17-16-27(20-32(31)49-7-2)36-35(38(45)48-5)24(3)41-39(46)42-36/h6,8-10,12-21,34,36,43-44H,1,7,11,22-23H2,2-5H3,(H2,41,42,46)/b40-21-/t34-,36+/m1/s1. The van der Waals surface area contributed by atoms with E-state index in [4.69, 9.17) is 23.7 Å². The van der Waals surface area contributed by atoms with Crippen molar-refractivity contribution in [3.8, 4) is 23.0 Å². The number of aliphatic hydroxyl groups excluding tert-OH is 1. The van der Waals surface area contributed by atoms with E-state index in [1.54, 1.807) is 44.5 Å². The van der Waals surface area contributed by atoms with Crippen LogP contribution in [-0.4, -0.2) is 57.0 Å². The number of hydrogen-bond acceptors (Lipinski definition) is 10. The molecule has 0 unspecified atom stereocenters. The summed E-state index contributed by atoms with van der Waals surface area (Å²) < 4.78 is 28.6. The van der Waals surface area contributed by atoms with E-state index < -0.39 is 24.3 Å². The first-order chi connectivity index (χ1) is 24.8. The third-order valence-electron chi connectivity index (χ3n) is 8.10. The molecule has 12 nitrogen and oxygen atoms in total. The number of nitrogens with zero attached hydrogens (tertiary/aromatic N) is 1. The minimum absolute atomic E-state index is 0.167. The number of ether oxygens (including phenoxy) is 5. The van der Waals surface area contributed by atoms with E-state index in [1.165, 1.54) is 7.11 Å². The number of urea groups is 1. The quantitative estimate of drug-likeness (QED) is 0.0382. The molecule has 12 heteroatoms. The first-order valence-corrected chi connectivity index (χ1v) is 16.4. The van der Waals surface area contributed by atoms with E-state index in [-0.39, 0.29) is 12.2 Å². The minimum Gasteiger partial charge on any atom is -0.493 e. The van der Waals surface area contributed by atoms with Crippen molar-refractivity contribution in [1.29, 1.82) is 0 Å². The zero-order chi connectivity index (χ0) is 36.3. The van der Waals surface area contributed by atoms with Crippen molar-refractivity contribution in [1.82, 2.24) is 16.1 Å². The van der Waals surface area contributed by atoms with Gasteiger partial charge in [0.05, 0.1) is 38.7 Å². The number of esters is 1. The molecule has 4 aromatic rings. The fraction of sp³-hybridized carbons (Fsp3) is 0.256. The number of fused-ring (bicyclic) bond motifs is 1. The van der Waals surface area contributed by atoms with Crippen LogP contribution < -0.4 is 35.0 Å². The summed E-state index contributed by atoms with van der Waals surface area (Å²) >= 11 is 0. The average Bonchev–Trinajstić information content (AvgIpc) is 3.13. The molecule has 1 aliphatic heterocycles. The maximum Gasteiger partial charge on any atom is 0.337 e. The van der Waals surface area contributed by atoms with Gasteiger partial charge in [-0.2, -0.15) is 5.10 Å². The van der Waals surface area contributed by atoms with Gasteiger partial charge in [0.25, 0.3) is 0 Å². The number of allylic oxidation sites excluding steroid dienone is 2. The summed E-state index contributed by atoms with van der Waals surface area (Å²) in [6.07, 6.45) is 2.72. The van der Waals surface area contributed by atoms with Gasteiger partial charge in [-0.15, -0.1) is 6.58 Å². The Balaban J connectivity index is 1.25. The van der Waals surface area contributed by atoms with E-state index in [9.17, 15) is 14.7 Å². The summed E-state index contributed by atoms with van der Waals surface area (Å²) in [5.41, 5.74) is 6.56. The van der Waals surface area contributed by atoms with E-state index in [2.05, 4.69) is 45.9 Å². The summed E-state index contributed by atoms with van der Waals surface area (Å²) in [6, 6.07) is 21.9. The van der Waals surface area contributed by atoms with Gasteiger partial charge in [-0.05, 0) is 72.0 Å². The molecule has 1 heterocycles. The Bertz CT molecular complexity index is 1950. The van der Waals surface area contributed by atoms with Crippen LogP contribution in [0.5, 0.6) is 23.0 Å². The largest absolute Gasteiger partial charge is 0.493 e. The minimum atomic E-state index is -1.17. The predicted octanol–water partition coefficient (Wildman–Crippen LogP) is 5.68. The van der Waals surface area contributed by atoms with Crippen LogP contribution in [0.3, 0.4) is 0 Å². The van der Waals surface area contributed by atoms with Crippen LogP contribution in [0, 0.1) is 0 Å². The molecular weight excluding hydrogens is 652 g/mol. The monoisotopic (exact) mass is 694 g/mol. The fourth-order valence-electron chi connectivity index (χ4n) is 5.77. The first-order valence-electron chi connectivity index (χ1n) is 16.4. The van der Waals surface area contributed by atoms with Gasteiger partial charge in [0.2, 0.25) is 0 Å². The molecular formula is C39H42N4O8. The number of benzene rings is 4. The van der Waals surface area contributed by atoms with Crippen LogP contribution in [0.4, 0.5) is 4.79 Å². The second-order valence-corrected chi connectivity index (χ2v) is 11.5. The lowest BCUT2D eigenvalue weighted by Gasteiger charge is -2.28. The second kappa shape index (κ2) is 17.1. The highest BCUT2D eigenvalue weighted by atomic mass is 16.5. The zero-order valence-corrected chi connectivity index (χ0v) is 29.0. The number of amides is 2. The lowest BCUT2D eigenvalue weighted by atomic mass is 9.95. The molecule has 51 heavy (non-hydrogen) atoms. The van der Waals surface area contributed by atoms with Gasteiger partial charge in [-0.25, -0.2) is 9.59 Å². The van der Waals surface area contributed by atoms with Crippen LogP contribution >= 0.6 is 0 Å². The van der Waals surface area contributed by atoms with E-state index >= 15 is 0 Å². The topological polar surface area (TPSA) is 149 Å². The highest BCUT2D eigenvalue weighted by molar-refractivity contribution is 5.95. The summed E-state index contributed by atoms with van der Waals surface area (Å²) in [4.78, 5) is 24.7. The number of nitrogens with one attached hydrogen (secondary N) is 3. The van der Waals surface area contributed by atoms with E-state index in [1.807, 2.05) is 43.3 Å². The Morgan fingerprint density at radius 1 is 1.00 bits per heavy atom. The van der Waals surface area contributed by atoms with Gasteiger partial charge >= 0.3 is 12.0 Å². The summed E-state index contributed by atoms with van der Waals surface area (Å²) in [5.74, 6) is 1.30. The number of hydrogen-bond donors (Lipinski definition) is 4. The molecule has 5 rings (SSSR count). The normalized spacial score (nSPS) is 14.8. The molecule has 1 aliphatic rings. The van der Waals surface area contributed by atoms with Crippen molar-refractivity contribution < 1.29 is 38.4 Å². The highest BCUT2D eigenvalue weighted by Crippen LogP contribution is 2.36. The third kappa shape index (κ3) is 8.78. The Hall–Kier alpha value is -6.01. The Morgan fingerprint density at radius 2 is 1.80 bits per heavy atom. The number of carbonyl (C=O) groups excluding carboxylic acids is 2. The summed E-state index contributed by atoms with van der Waals surface area (Å²) in [5, 5.41) is 22.5. The smallest absolute Gasteiger partial charge is 0.337 e. The SMILES string of the molecule is C=CCc1cc(/C=N\N[C@H](O)COc2ccc([C@@H]3NC(=O)NC(C)=C3C(=O)OC)cc2OCC)cc(OC)c1OCc1cccc2ccccc12. The van der Waals surface area contributed by atoms with Crippen molar-refractivity contribution in [2.45, 2.75) is 39.1 Å². The van der Waals surface area contributed by atoms with Gasteiger partial charge in [0.1, 0.15) is 13.2 Å². The van der Waals surface area contributed by atoms with Crippen molar-refractivity contribution in [3.63, 3.8) is 0 Å². The van der Waals surface area contributed by atoms with Crippen molar-refractivity contribution >= 4 is 29.0 Å². The molecule has 266 valence electrons. The number of methoxy groups -OCH3 is 2. The summed E-state index contributed by atoms with van der Waals surface area (Å²) in [7, 11) is 2.86. The Labute approximate surface area is 296 Å². The van der Waals surface area contributed by atoms with Crippen LogP contribution in [0.15, 0.2) is 102 Å². The van der Waals surface area contributed by atoms with Crippen LogP contribution in [0.2, 0.25) is 0 Å². The van der Waals surface area contributed by atoms with Crippen molar-refractivity contribution in [2.24, 2.45) is 5.10 Å². The van der Waals surface area contributed by atoms with Crippen LogP contribution in [0.1, 0.15) is 42.1 Å². The van der Waals surface area contributed by atoms with E-state index in [0.717, 1.165) is 27.5 Å². The maximum absolute atomic E-state index is 12.5. The fourth-order valence-corrected chi connectivity index (χ4v) is 5.77. The lowest BCUT2D eigenvalue weighted by Crippen LogP contribution is -2.45. The number of rotatable bonds is 16. The Kier molecular flexibility index (Phi) is 12.1. The van der Waals surface area contributed by atoms with Crippen LogP contribution in [0.25, 0.3) is 10.8 Å². The number of hydrazone groups is 1. The van der Waals surface area contributed by atoms with Gasteiger partial charge in [-0.3, -0.25) is 5.43 Å². The number of aliphatic hydroxyl groups is 1. The molecule has 0 saturated carbocycles. The van der Waals surface area contributed by atoms with Gasteiger partial charge in [0, 0.05) is 11.3 Å². The van der Waals surface area contributed by atoms with Gasteiger partial charge in [-0.1, -0.05) is 54.6 Å². The molecule has 2 atom stereocenters. The summed E-state index contributed by atoms with van der Waals surface area (Å²) in [6.45, 7) is 7.86. The zero-order valence-electron chi connectivity index (χ0n) is 29.0. The number of carbonyl (C=O) groups is 2. The van der Waals surface area contributed by atoms with Crippen LogP contribution in [-0.2, 0) is 22.6 Å².